The predicted molar refractivity (Wildman–Crippen MR) is 78.9 cm³/mol. The molecule has 0 spiro atoms. The Balaban J connectivity index is 4.79. The zero-order chi connectivity index (χ0) is 17.6. The first-order valence-electron chi connectivity index (χ1n) is 6.95. The van der Waals surface area contributed by atoms with Gasteiger partial charge in [-0.15, -0.1) is 0 Å². The monoisotopic (exact) mass is 318 g/mol. The number of imide groups is 1. The molecule has 0 aromatic rings. The molecule has 0 heterocycles. The minimum Gasteiger partial charge on any atom is -0.442 e. The maximum Gasteiger partial charge on any atom is 0.444 e. The molecule has 0 radical (unpaired) electrons. The van der Waals surface area contributed by atoms with E-state index in [2.05, 4.69) is 5.32 Å². The van der Waals surface area contributed by atoms with Crippen molar-refractivity contribution in [2.75, 3.05) is 13.2 Å². The number of hydrogen-bond donors (Lipinski definition) is 1. The van der Waals surface area contributed by atoms with Gasteiger partial charge in [0.2, 0.25) is 5.91 Å². The second-order valence-corrected chi connectivity index (χ2v) is 6.57. The average Bonchev–Trinajstić information content (AvgIpc) is 2.22. The van der Waals surface area contributed by atoms with Crippen molar-refractivity contribution in [1.82, 2.24) is 10.4 Å². The Hall–Kier alpha value is -1.83. The number of ether oxygens (including phenoxy) is 2. The molecule has 0 bridgehead atoms. The average molecular weight is 318 g/mol. The Morgan fingerprint density at radius 3 is 1.64 bits per heavy atom. The van der Waals surface area contributed by atoms with Gasteiger partial charge >= 0.3 is 12.2 Å². The maximum atomic E-state index is 12.0. The molecule has 0 saturated heterocycles. The van der Waals surface area contributed by atoms with Crippen molar-refractivity contribution < 1.29 is 28.7 Å². The van der Waals surface area contributed by atoms with Gasteiger partial charge in [0.25, 0.3) is 0 Å². The van der Waals surface area contributed by atoms with Gasteiger partial charge < -0.3 is 14.8 Å². The van der Waals surface area contributed by atoms with E-state index in [1.54, 1.807) is 41.5 Å². The van der Waals surface area contributed by atoms with Crippen molar-refractivity contribution in [3.8, 4) is 0 Å². The van der Waals surface area contributed by atoms with Crippen LogP contribution in [0.3, 0.4) is 0 Å². The third-order valence-electron chi connectivity index (χ3n) is 1.82. The summed E-state index contributed by atoms with van der Waals surface area (Å²) >= 11 is 0. The Morgan fingerprint density at radius 2 is 1.32 bits per heavy atom. The standard InChI is InChI=1S/C14H26N2O6/c1-10(17)15-8-9-20-16(11(18)21-13(2,3)4)12(19)22-14(5,6)7/h8-9H2,1-7H3,(H,15,17). The van der Waals surface area contributed by atoms with Crippen LogP contribution in [0.4, 0.5) is 9.59 Å². The van der Waals surface area contributed by atoms with Crippen molar-refractivity contribution in [3.05, 3.63) is 0 Å². The van der Waals surface area contributed by atoms with Gasteiger partial charge in [-0.2, -0.15) is 0 Å². The molecule has 0 aliphatic heterocycles. The van der Waals surface area contributed by atoms with Crippen LogP contribution in [0.5, 0.6) is 0 Å². The molecule has 0 unspecified atom stereocenters. The summed E-state index contributed by atoms with van der Waals surface area (Å²) in [5, 5.41) is 2.90. The van der Waals surface area contributed by atoms with Gasteiger partial charge in [0.05, 0.1) is 6.61 Å². The molecule has 8 heteroatoms. The van der Waals surface area contributed by atoms with E-state index in [1.165, 1.54) is 6.92 Å². The van der Waals surface area contributed by atoms with Crippen LogP contribution < -0.4 is 5.32 Å². The first-order chi connectivity index (χ1) is 9.82. The Bertz CT molecular complexity index is 381. The van der Waals surface area contributed by atoms with Gasteiger partial charge in [-0.3, -0.25) is 9.63 Å². The van der Waals surface area contributed by atoms with Crippen LogP contribution in [0.15, 0.2) is 0 Å². The topological polar surface area (TPSA) is 94.2 Å². The SMILES string of the molecule is CC(=O)NCCON(C(=O)OC(C)(C)C)C(=O)OC(C)(C)C. The van der Waals surface area contributed by atoms with E-state index < -0.39 is 23.4 Å². The van der Waals surface area contributed by atoms with E-state index in [9.17, 15) is 14.4 Å². The van der Waals surface area contributed by atoms with Crippen LogP contribution in [0.2, 0.25) is 0 Å². The highest BCUT2D eigenvalue weighted by molar-refractivity contribution is 5.86. The molecule has 0 fully saturated rings. The molecular weight excluding hydrogens is 292 g/mol. The van der Waals surface area contributed by atoms with Gasteiger partial charge in [-0.25, -0.2) is 9.59 Å². The third-order valence-corrected chi connectivity index (χ3v) is 1.82. The van der Waals surface area contributed by atoms with E-state index in [-0.39, 0.29) is 19.1 Å². The summed E-state index contributed by atoms with van der Waals surface area (Å²) < 4.78 is 10.2. The van der Waals surface area contributed by atoms with Gasteiger partial charge in [0.1, 0.15) is 11.2 Å². The molecule has 0 rings (SSSR count). The van der Waals surface area contributed by atoms with Gasteiger partial charge in [-0.1, -0.05) is 5.06 Å². The maximum absolute atomic E-state index is 12.0. The highest BCUT2D eigenvalue weighted by Crippen LogP contribution is 2.14. The molecule has 0 aliphatic carbocycles. The number of nitrogens with one attached hydrogen (secondary N) is 1. The summed E-state index contributed by atoms with van der Waals surface area (Å²) in [6, 6.07) is 0. The fraction of sp³-hybridized carbons (Fsp3) is 0.786. The Labute approximate surface area is 131 Å². The van der Waals surface area contributed by atoms with E-state index >= 15 is 0 Å². The summed E-state index contributed by atoms with van der Waals surface area (Å²) in [4.78, 5) is 39.9. The summed E-state index contributed by atoms with van der Waals surface area (Å²) in [7, 11) is 0. The summed E-state index contributed by atoms with van der Waals surface area (Å²) in [6.07, 6.45) is -1.96. The van der Waals surface area contributed by atoms with Gasteiger partial charge in [0.15, 0.2) is 0 Å². The van der Waals surface area contributed by atoms with Crippen molar-refractivity contribution in [1.29, 1.82) is 0 Å². The summed E-state index contributed by atoms with van der Waals surface area (Å²) in [5.41, 5.74) is -1.59. The Morgan fingerprint density at radius 1 is 0.909 bits per heavy atom. The smallest absolute Gasteiger partial charge is 0.442 e. The van der Waals surface area contributed by atoms with Gasteiger partial charge in [-0.05, 0) is 41.5 Å². The number of hydroxylamine groups is 2. The molecule has 128 valence electrons. The van der Waals surface area contributed by atoms with Crippen molar-refractivity contribution in [2.24, 2.45) is 0 Å². The lowest BCUT2D eigenvalue weighted by Gasteiger charge is -2.27. The summed E-state index contributed by atoms with van der Waals surface area (Å²) in [6.45, 7) is 11.4. The van der Waals surface area contributed by atoms with Crippen LogP contribution in [0.1, 0.15) is 48.5 Å². The largest absolute Gasteiger partial charge is 0.444 e. The Kier molecular flexibility index (Phi) is 7.31. The summed E-state index contributed by atoms with van der Waals surface area (Å²) in [5.74, 6) is -0.246. The lowest BCUT2D eigenvalue weighted by atomic mass is 10.2. The van der Waals surface area contributed by atoms with Crippen LogP contribution in [0.25, 0.3) is 0 Å². The number of amides is 3. The lowest BCUT2D eigenvalue weighted by molar-refractivity contribution is -0.138. The number of nitrogens with zero attached hydrogens (tertiary/aromatic N) is 1. The molecule has 22 heavy (non-hydrogen) atoms. The predicted octanol–water partition coefficient (Wildman–Crippen LogP) is 2.23. The van der Waals surface area contributed by atoms with Gasteiger partial charge in [0, 0.05) is 13.5 Å². The second kappa shape index (κ2) is 7.98. The van der Waals surface area contributed by atoms with Crippen LogP contribution in [0, 0.1) is 0 Å². The highest BCUT2D eigenvalue weighted by atomic mass is 16.8. The van der Waals surface area contributed by atoms with E-state index in [1.807, 2.05) is 0 Å². The van der Waals surface area contributed by atoms with E-state index in [0.29, 0.717) is 5.06 Å². The molecule has 1 N–H and O–H groups in total. The second-order valence-electron chi connectivity index (χ2n) is 6.57. The normalized spacial score (nSPS) is 11.6. The minimum atomic E-state index is -0.982. The number of carbonyl (C=O) groups excluding carboxylic acids is 3. The molecule has 0 saturated carbocycles. The molecule has 0 atom stereocenters. The number of hydrogen-bond acceptors (Lipinski definition) is 6. The molecule has 8 nitrogen and oxygen atoms in total. The quantitative estimate of drug-likeness (QED) is 0.631. The van der Waals surface area contributed by atoms with Crippen LogP contribution in [-0.4, -0.2) is 47.5 Å². The molecule has 0 aromatic carbocycles. The molecular formula is C14H26N2O6. The fourth-order valence-electron chi connectivity index (χ4n) is 1.15. The fourth-order valence-corrected chi connectivity index (χ4v) is 1.15. The van der Waals surface area contributed by atoms with Crippen molar-refractivity contribution >= 4 is 18.1 Å². The molecule has 0 aliphatic rings. The minimum absolute atomic E-state index is 0.0853. The van der Waals surface area contributed by atoms with Crippen LogP contribution >= 0.6 is 0 Å². The number of rotatable bonds is 4. The zero-order valence-electron chi connectivity index (χ0n) is 14.3. The zero-order valence-corrected chi connectivity index (χ0v) is 14.3. The lowest BCUT2D eigenvalue weighted by Crippen LogP contribution is -2.44. The first kappa shape index (κ1) is 20.2. The van der Waals surface area contributed by atoms with Crippen molar-refractivity contribution in [3.63, 3.8) is 0 Å². The number of carbonyl (C=O) groups is 3. The third kappa shape index (κ3) is 9.98. The van der Waals surface area contributed by atoms with E-state index in [4.69, 9.17) is 14.3 Å². The highest BCUT2D eigenvalue weighted by Gasteiger charge is 2.32. The van der Waals surface area contributed by atoms with E-state index in [0.717, 1.165) is 0 Å². The van der Waals surface area contributed by atoms with Crippen molar-refractivity contribution in [2.45, 2.75) is 59.7 Å². The van der Waals surface area contributed by atoms with Crippen LogP contribution in [-0.2, 0) is 19.1 Å². The first-order valence-corrected chi connectivity index (χ1v) is 6.95. The molecule has 0 aromatic heterocycles. The molecule has 3 amide bonds.